The van der Waals surface area contributed by atoms with Gasteiger partial charge in [0.15, 0.2) is 0 Å². The Morgan fingerprint density at radius 3 is 2.77 bits per heavy atom. The van der Waals surface area contributed by atoms with Crippen molar-refractivity contribution in [1.82, 2.24) is 20.4 Å². The van der Waals surface area contributed by atoms with E-state index in [1.165, 1.54) is 0 Å². The Balaban J connectivity index is 1.81. The van der Waals surface area contributed by atoms with Gasteiger partial charge in [-0.3, -0.25) is 4.90 Å². The van der Waals surface area contributed by atoms with Gasteiger partial charge in [-0.2, -0.15) is 0 Å². The molecule has 124 valence electrons. The molecule has 1 unspecified atom stereocenters. The average Bonchev–Trinajstić information content (AvgIpc) is 3.04. The predicted molar refractivity (Wildman–Crippen MR) is 81.3 cm³/mol. The maximum absolute atomic E-state index is 11.7. The van der Waals surface area contributed by atoms with Gasteiger partial charge in [-0.1, -0.05) is 6.92 Å². The van der Waals surface area contributed by atoms with Crippen LogP contribution in [0.3, 0.4) is 0 Å². The highest BCUT2D eigenvalue weighted by Gasteiger charge is 2.27. The first-order chi connectivity index (χ1) is 10.4. The van der Waals surface area contributed by atoms with Gasteiger partial charge in [0.25, 0.3) is 0 Å². The quantitative estimate of drug-likeness (QED) is 0.897. The van der Waals surface area contributed by atoms with E-state index in [2.05, 4.69) is 20.4 Å². The summed E-state index contributed by atoms with van der Waals surface area (Å²) in [7, 11) is 0. The molecule has 0 saturated carbocycles. The van der Waals surface area contributed by atoms with Crippen LogP contribution in [0, 0.1) is 0 Å². The van der Waals surface area contributed by atoms with E-state index in [-0.39, 0.29) is 12.1 Å². The molecule has 1 amide bonds. The number of carbonyl (C=O) groups is 1. The second-order valence-corrected chi connectivity index (χ2v) is 6.59. The van der Waals surface area contributed by atoms with Gasteiger partial charge >= 0.3 is 6.09 Å². The Labute approximate surface area is 131 Å². The molecule has 1 atom stereocenters. The zero-order valence-electron chi connectivity index (χ0n) is 13.9. The van der Waals surface area contributed by atoms with Gasteiger partial charge in [-0.05, 0) is 40.2 Å². The van der Waals surface area contributed by atoms with E-state index in [0.717, 1.165) is 25.8 Å². The zero-order chi connectivity index (χ0) is 16.2. The number of amides is 1. The zero-order valence-corrected chi connectivity index (χ0v) is 13.9. The maximum Gasteiger partial charge on any atom is 0.407 e. The Bertz CT molecular complexity index is 495. The van der Waals surface area contributed by atoms with Crippen LogP contribution in [0.25, 0.3) is 0 Å². The van der Waals surface area contributed by atoms with Gasteiger partial charge in [0.2, 0.25) is 11.8 Å². The van der Waals surface area contributed by atoms with Gasteiger partial charge in [-0.15, -0.1) is 10.2 Å². The first kappa shape index (κ1) is 16.7. The van der Waals surface area contributed by atoms with Crippen LogP contribution in [0.1, 0.15) is 52.3 Å². The van der Waals surface area contributed by atoms with Gasteiger partial charge in [0.05, 0.1) is 6.54 Å². The monoisotopic (exact) mass is 310 g/mol. The Hall–Kier alpha value is -1.63. The summed E-state index contributed by atoms with van der Waals surface area (Å²) in [6.45, 7) is 9.74. The molecule has 0 spiro atoms. The number of aryl methyl sites for hydroxylation is 1. The number of carbonyl (C=O) groups excluding carboxylic acids is 1. The maximum atomic E-state index is 11.7. The molecule has 0 aromatic carbocycles. The number of nitrogens with one attached hydrogen (secondary N) is 1. The lowest BCUT2D eigenvalue weighted by Gasteiger charge is -2.24. The van der Waals surface area contributed by atoms with Crippen LogP contribution in [-0.4, -0.2) is 45.9 Å². The average molecular weight is 310 g/mol. The summed E-state index contributed by atoms with van der Waals surface area (Å²) in [5, 5.41) is 10.9. The third kappa shape index (κ3) is 4.98. The molecular weight excluding hydrogens is 284 g/mol. The molecule has 7 heteroatoms. The molecule has 1 aromatic heterocycles. The molecule has 0 aliphatic carbocycles. The normalized spacial score (nSPS) is 19.4. The van der Waals surface area contributed by atoms with Gasteiger partial charge in [-0.25, -0.2) is 4.79 Å². The van der Waals surface area contributed by atoms with Crippen molar-refractivity contribution < 1.29 is 13.9 Å². The second-order valence-electron chi connectivity index (χ2n) is 6.59. The lowest BCUT2D eigenvalue weighted by molar-refractivity contribution is 0.0511. The molecule has 7 nitrogen and oxygen atoms in total. The highest BCUT2D eigenvalue weighted by atomic mass is 16.6. The molecule has 2 heterocycles. The standard InChI is InChI=1S/C15H26N4O3/c1-5-12-17-18-13(21-12)10-19-8-6-7-11(19)9-16-14(20)22-15(2,3)4/h11H,5-10H2,1-4H3,(H,16,20). The summed E-state index contributed by atoms with van der Waals surface area (Å²) >= 11 is 0. The number of hydrogen-bond donors (Lipinski definition) is 1. The first-order valence-corrected chi connectivity index (χ1v) is 7.89. The summed E-state index contributed by atoms with van der Waals surface area (Å²) < 4.78 is 10.8. The Morgan fingerprint density at radius 1 is 1.41 bits per heavy atom. The minimum Gasteiger partial charge on any atom is -0.444 e. The number of hydrogen-bond acceptors (Lipinski definition) is 6. The van der Waals surface area contributed by atoms with E-state index >= 15 is 0 Å². The fourth-order valence-electron chi connectivity index (χ4n) is 2.52. The van der Waals surface area contributed by atoms with Crippen LogP contribution in [0.5, 0.6) is 0 Å². The minimum absolute atomic E-state index is 0.282. The highest BCUT2D eigenvalue weighted by Crippen LogP contribution is 2.19. The molecule has 1 saturated heterocycles. The number of alkyl carbamates (subject to hydrolysis) is 1. The van der Waals surface area contributed by atoms with Crippen molar-refractivity contribution in [2.24, 2.45) is 0 Å². The SMILES string of the molecule is CCc1nnc(CN2CCCC2CNC(=O)OC(C)(C)C)o1. The topological polar surface area (TPSA) is 80.5 Å². The lowest BCUT2D eigenvalue weighted by Crippen LogP contribution is -2.41. The lowest BCUT2D eigenvalue weighted by atomic mass is 10.2. The van der Waals surface area contributed by atoms with Crippen molar-refractivity contribution in [1.29, 1.82) is 0 Å². The Kier molecular flexibility index (Phi) is 5.39. The van der Waals surface area contributed by atoms with Crippen LogP contribution < -0.4 is 5.32 Å². The summed E-state index contributed by atoms with van der Waals surface area (Å²) in [5.41, 5.74) is -0.472. The predicted octanol–water partition coefficient (Wildman–Crippen LogP) is 2.12. The molecule has 1 aromatic rings. The van der Waals surface area contributed by atoms with Crippen molar-refractivity contribution >= 4 is 6.09 Å². The molecule has 2 rings (SSSR count). The van der Waals surface area contributed by atoms with E-state index in [9.17, 15) is 4.79 Å². The van der Waals surface area contributed by atoms with Crippen molar-refractivity contribution in [3.8, 4) is 0 Å². The number of rotatable bonds is 5. The molecule has 0 bridgehead atoms. The molecular formula is C15H26N4O3. The van der Waals surface area contributed by atoms with Crippen LogP contribution in [0.15, 0.2) is 4.42 Å². The van der Waals surface area contributed by atoms with Gasteiger partial charge < -0.3 is 14.5 Å². The molecule has 1 aliphatic heterocycles. The van der Waals surface area contributed by atoms with E-state index in [1.54, 1.807) is 0 Å². The fourth-order valence-corrected chi connectivity index (χ4v) is 2.52. The third-order valence-electron chi connectivity index (χ3n) is 3.53. The number of ether oxygens (including phenoxy) is 1. The second kappa shape index (κ2) is 7.09. The van der Waals surface area contributed by atoms with Crippen LogP contribution in [-0.2, 0) is 17.7 Å². The number of likely N-dealkylation sites (tertiary alicyclic amines) is 1. The van der Waals surface area contributed by atoms with Crippen LogP contribution in [0.4, 0.5) is 4.79 Å². The van der Waals surface area contributed by atoms with Crippen LogP contribution >= 0.6 is 0 Å². The molecule has 1 N–H and O–H groups in total. The molecule has 1 aliphatic rings. The van der Waals surface area contributed by atoms with E-state index in [1.807, 2.05) is 27.7 Å². The minimum atomic E-state index is -0.472. The molecule has 1 fully saturated rings. The van der Waals surface area contributed by atoms with Crippen molar-refractivity contribution in [3.05, 3.63) is 11.8 Å². The number of nitrogens with zero attached hydrogens (tertiary/aromatic N) is 3. The first-order valence-electron chi connectivity index (χ1n) is 7.89. The fraction of sp³-hybridized carbons (Fsp3) is 0.800. The number of aromatic nitrogens is 2. The highest BCUT2D eigenvalue weighted by molar-refractivity contribution is 5.67. The van der Waals surface area contributed by atoms with E-state index in [4.69, 9.17) is 9.15 Å². The summed E-state index contributed by atoms with van der Waals surface area (Å²) in [6.07, 6.45) is 2.53. The summed E-state index contributed by atoms with van der Waals surface area (Å²) in [4.78, 5) is 14.0. The molecule has 0 radical (unpaired) electrons. The molecule has 22 heavy (non-hydrogen) atoms. The smallest absolute Gasteiger partial charge is 0.407 e. The van der Waals surface area contributed by atoms with Gasteiger partial charge in [0, 0.05) is 19.0 Å². The van der Waals surface area contributed by atoms with Crippen molar-refractivity contribution in [3.63, 3.8) is 0 Å². The van der Waals surface area contributed by atoms with Crippen molar-refractivity contribution in [2.75, 3.05) is 13.1 Å². The summed E-state index contributed by atoms with van der Waals surface area (Å²) in [6, 6.07) is 0.282. The van der Waals surface area contributed by atoms with Crippen molar-refractivity contribution in [2.45, 2.75) is 65.1 Å². The third-order valence-corrected chi connectivity index (χ3v) is 3.53. The summed E-state index contributed by atoms with van der Waals surface area (Å²) in [5.74, 6) is 1.30. The van der Waals surface area contributed by atoms with E-state index in [0.29, 0.717) is 24.9 Å². The largest absolute Gasteiger partial charge is 0.444 e. The van der Waals surface area contributed by atoms with E-state index < -0.39 is 5.60 Å². The van der Waals surface area contributed by atoms with Gasteiger partial charge in [0.1, 0.15) is 5.60 Å². The Morgan fingerprint density at radius 2 is 2.14 bits per heavy atom. The van der Waals surface area contributed by atoms with Crippen LogP contribution in [0.2, 0.25) is 0 Å².